The first kappa shape index (κ1) is 22.7. The monoisotopic (exact) mass is 535 g/mol. The highest BCUT2D eigenvalue weighted by Crippen LogP contribution is 2.46. The number of hydrogen-bond donors (Lipinski definition) is 0. The highest BCUT2D eigenvalue weighted by atomic mass is 15.1. The maximum Gasteiger partial charge on any atom is 0.207 e. The smallest absolute Gasteiger partial charge is 0.207 e. The zero-order chi connectivity index (χ0) is 29.1. The molecule has 0 atom stereocenters. The maximum absolute atomic E-state index is 10.6. The molecule has 0 aliphatic carbocycles. The number of aromatic nitrogens is 2. The molecule has 0 radical (unpaired) electrons. The lowest BCUT2D eigenvalue weighted by atomic mass is 9.94. The zero-order valence-corrected chi connectivity index (χ0v) is 22.4. The normalized spacial score (nSPS) is 11.6. The molecular formula is C38H22N4. The minimum atomic E-state index is 0.0228. The highest BCUT2D eigenvalue weighted by molar-refractivity contribution is 6.12. The first-order valence-corrected chi connectivity index (χ1v) is 13.7. The van der Waals surface area contributed by atoms with Gasteiger partial charge in [0.2, 0.25) is 5.69 Å². The van der Waals surface area contributed by atoms with Crippen LogP contribution in [0.25, 0.3) is 71.0 Å². The van der Waals surface area contributed by atoms with Gasteiger partial charge in [0, 0.05) is 27.1 Å². The van der Waals surface area contributed by atoms with Crippen molar-refractivity contribution in [1.82, 2.24) is 9.13 Å². The number of nitriles is 1. The van der Waals surface area contributed by atoms with Gasteiger partial charge in [0.15, 0.2) is 0 Å². The van der Waals surface area contributed by atoms with Crippen LogP contribution in [0.3, 0.4) is 0 Å². The summed E-state index contributed by atoms with van der Waals surface area (Å²) in [6, 6.07) is 45.0. The van der Waals surface area contributed by atoms with Crippen molar-refractivity contribution in [2.75, 3.05) is 0 Å². The second-order valence-electron chi connectivity index (χ2n) is 10.2. The van der Waals surface area contributed by atoms with Crippen molar-refractivity contribution in [2.24, 2.45) is 0 Å². The molecule has 0 fully saturated rings. The number of nitrogens with zero attached hydrogens (tertiary/aromatic N) is 4. The second-order valence-corrected chi connectivity index (χ2v) is 10.2. The predicted octanol–water partition coefficient (Wildman–Crippen LogP) is 9.97. The molecule has 0 saturated carbocycles. The minimum Gasteiger partial charge on any atom is -0.308 e. The molecule has 4 nitrogen and oxygen atoms in total. The Bertz CT molecular complexity index is 2380. The third kappa shape index (κ3) is 3.27. The lowest BCUT2D eigenvalue weighted by Crippen LogP contribution is -2.07. The van der Waals surface area contributed by atoms with Crippen molar-refractivity contribution in [3.8, 4) is 28.6 Å². The van der Waals surface area contributed by atoms with E-state index in [0.29, 0.717) is 16.9 Å². The molecule has 0 spiro atoms. The Hall–Kier alpha value is -6.10. The average molecular weight is 536 g/mol. The molecule has 42 heavy (non-hydrogen) atoms. The molecule has 6 aromatic carbocycles. The van der Waals surface area contributed by atoms with Gasteiger partial charge in [0.25, 0.3) is 0 Å². The third-order valence-electron chi connectivity index (χ3n) is 8.08. The average Bonchev–Trinajstić information content (AvgIpc) is 3.57. The van der Waals surface area contributed by atoms with E-state index >= 15 is 0 Å². The fourth-order valence-electron chi connectivity index (χ4n) is 6.37. The first-order chi connectivity index (χ1) is 21.2. The Morgan fingerprint density at radius 1 is 0.595 bits per heavy atom. The molecule has 0 unspecified atom stereocenters. The summed E-state index contributed by atoms with van der Waals surface area (Å²) in [6.45, 7) is 8.18. The van der Waals surface area contributed by atoms with E-state index in [-0.39, 0.29) is 17.3 Å². The third-order valence-corrected chi connectivity index (χ3v) is 8.08. The fraction of sp³-hybridized carbons (Fsp3) is 0. The number of benzene rings is 6. The summed E-state index contributed by atoms with van der Waals surface area (Å²) in [7, 11) is 0. The summed E-state index contributed by atoms with van der Waals surface area (Å²) in [6.07, 6.45) is 0. The molecule has 0 aliphatic rings. The minimum absolute atomic E-state index is 0.0228. The van der Waals surface area contributed by atoms with Crippen LogP contribution in [0.2, 0.25) is 0 Å². The molecule has 2 aromatic heterocycles. The van der Waals surface area contributed by atoms with Crippen LogP contribution in [-0.2, 0) is 0 Å². The quantitative estimate of drug-likeness (QED) is 0.207. The maximum atomic E-state index is 10.6. The van der Waals surface area contributed by atoms with Gasteiger partial charge >= 0.3 is 0 Å². The SMILES string of the molecule is [2H]c1c([N+]#[C-])c(C#N)c(-c2ccccc2)c(-n2c3ccccc3c3ccccc32)c1-n1c2ccccc2c2ccccc21. The van der Waals surface area contributed by atoms with E-state index in [4.69, 9.17) is 6.57 Å². The van der Waals surface area contributed by atoms with Crippen LogP contribution in [-0.4, -0.2) is 9.13 Å². The van der Waals surface area contributed by atoms with Gasteiger partial charge in [-0.15, -0.1) is 0 Å². The van der Waals surface area contributed by atoms with E-state index in [2.05, 4.69) is 68.6 Å². The molecular weight excluding hydrogens is 512 g/mol. The summed E-state index contributed by atoms with van der Waals surface area (Å²) < 4.78 is 13.9. The van der Waals surface area contributed by atoms with E-state index in [9.17, 15) is 6.63 Å². The lowest BCUT2D eigenvalue weighted by Gasteiger charge is -2.22. The molecule has 0 aliphatic heterocycles. The molecule has 0 saturated heterocycles. The van der Waals surface area contributed by atoms with Gasteiger partial charge < -0.3 is 9.13 Å². The van der Waals surface area contributed by atoms with Gasteiger partial charge in [-0.05, 0) is 35.9 Å². The van der Waals surface area contributed by atoms with Crippen molar-refractivity contribution in [3.05, 3.63) is 150 Å². The topological polar surface area (TPSA) is 38.0 Å². The summed E-state index contributed by atoms with van der Waals surface area (Å²) >= 11 is 0. The van der Waals surface area contributed by atoms with Crippen LogP contribution < -0.4 is 0 Å². The Morgan fingerprint density at radius 2 is 1.02 bits per heavy atom. The van der Waals surface area contributed by atoms with Crippen LogP contribution in [0.4, 0.5) is 5.69 Å². The molecule has 2 heterocycles. The number of fused-ring (bicyclic) bond motifs is 6. The summed E-state index contributed by atoms with van der Waals surface area (Å²) in [5.74, 6) is 0. The van der Waals surface area contributed by atoms with Crippen LogP contribution in [0.15, 0.2) is 133 Å². The summed E-state index contributed by atoms with van der Waals surface area (Å²) in [5, 5.41) is 14.9. The van der Waals surface area contributed by atoms with Crippen molar-refractivity contribution >= 4 is 49.3 Å². The van der Waals surface area contributed by atoms with Gasteiger partial charge in [0.1, 0.15) is 0 Å². The molecule has 0 bridgehead atoms. The molecule has 4 heteroatoms. The first-order valence-electron chi connectivity index (χ1n) is 14.2. The van der Waals surface area contributed by atoms with Crippen molar-refractivity contribution in [2.45, 2.75) is 0 Å². The second kappa shape index (κ2) is 9.24. The van der Waals surface area contributed by atoms with Gasteiger partial charge in [-0.2, -0.15) is 5.26 Å². The van der Waals surface area contributed by atoms with E-state index in [0.717, 1.165) is 49.2 Å². The molecule has 8 aromatic rings. The summed E-state index contributed by atoms with van der Waals surface area (Å²) in [5.41, 5.74) is 6.73. The molecule has 0 amide bonds. The Morgan fingerprint density at radius 3 is 1.48 bits per heavy atom. The van der Waals surface area contributed by atoms with Crippen LogP contribution in [0.1, 0.15) is 6.93 Å². The fourth-order valence-corrected chi connectivity index (χ4v) is 6.37. The van der Waals surface area contributed by atoms with E-state index in [1.165, 1.54) is 0 Å². The van der Waals surface area contributed by atoms with Crippen LogP contribution in [0, 0.1) is 17.9 Å². The van der Waals surface area contributed by atoms with Gasteiger partial charge in [0.05, 0.1) is 53.0 Å². The Kier molecular flexibility index (Phi) is 4.99. The van der Waals surface area contributed by atoms with Crippen molar-refractivity contribution < 1.29 is 1.37 Å². The van der Waals surface area contributed by atoms with Gasteiger partial charge in [-0.3, -0.25) is 0 Å². The Balaban J connectivity index is 1.71. The molecule has 8 rings (SSSR count). The predicted molar refractivity (Wildman–Crippen MR) is 172 cm³/mol. The van der Waals surface area contributed by atoms with Crippen molar-refractivity contribution in [1.29, 1.82) is 5.26 Å². The highest BCUT2D eigenvalue weighted by Gasteiger charge is 2.26. The summed E-state index contributed by atoms with van der Waals surface area (Å²) in [4.78, 5) is 3.82. The zero-order valence-electron chi connectivity index (χ0n) is 23.4. The van der Waals surface area contributed by atoms with E-state index < -0.39 is 0 Å². The van der Waals surface area contributed by atoms with Gasteiger partial charge in [-0.1, -0.05) is 103 Å². The van der Waals surface area contributed by atoms with Crippen molar-refractivity contribution in [3.63, 3.8) is 0 Å². The van der Waals surface area contributed by atoms with Gasteiger partial charge in [-0.25, -0.2) is 4.85 Å². The number of rotatable bonds is 3. The Labute approximate surface area is 243 Å². The van der Waals surface area contributed by atoms with Crippen LogP contribution in [0.5, 0.6) is 0 Å². The van der Waals surface area contributed by atoms with E-state index in [1.807, 2.05) is 78.9 Å². The van der Waals surface area contributed by atoms with Crippen LogP contribution >= 0.6 is 0 Å². The standard InChI is InChI=1S/C38H22N4/c1-40-31-23-36(41-32-19-9-5-15-26(32)27-16-6-10-20-33(27)41)38(37(30(31)24-39)25-13-3-2-4-14-25)42-34-21-11-7-17-28(34)29-18-8-12-22-35(29)42/h2-23H/i23D. The lowest BCUT2D eigenvalue weighted by molar-refractivity contribution is 1.10. The molecule has 0 N–H and O–H groups in total. The number of hydrogen-bond acceptors (Lipinski definition) is 1. The molecule has 194 valence electrons. The number of para-hydroxylation sites is 4. The largest absolute Gasteiger partial charge is 0.308 e. The van der Waals surface area contributed by atoms with E-state index in [1.54, 1.807) is 0 Å².